The molecule has 1 rings (SSSR count). The molecule has 1 N–H and O–H groups in total. The van der Waals surface area contributed by atoms with Gasteiger partial charge in [0.15, 0.2) is 5.78 Å². The van der Waals surface area contributed by atoms with Gasteiger partial charge in [0, 0.05) is 6.42 Å². The van der Waals surface area contributed by atoms with Gasteiger partial charge in [-0.25, -0.2) is 0 Å². The number of Topliss-reactive ketones (excluding diaryl/α,β-unsaturated/α-hetero) is 3. The lowest BCUT2D eigenvalue weighted by Crippen LogP contribution is -2.15. The molecule has 0 spiro atoms. The topological polar surface area (TPSA) is 88.5 Å². The van der Waals surface area contributed by atoms with Gasteiger partial charge in [-0.05, 0) is 19.3 Å². The molecule has 17 heavy (non-hydrogen) atoms. The summed E-state index contributed by atoms with van der Waals surface area (Å²) >= 11 is 0. The first kappa shape index (κ1) is 13.3. The Morgan fingerprint density at radius 2 is 2.00 bits per heavy atom. The Morgan fingerprint density at radius 3 is 2.53 bits per heavy atom. The third-order valence-corrected chi connectivity index (χ3v) is 2.61. The first-order valence-electron chi connectivity index (χ1n) is 5.49. The highest BCUT2D eigenvalue weighted by atomic mass is 16.4. The second-order valence-corrected chi connectivity index (χ2v) is 3.98. The fraction of sp³-hybridized carbons (Fsp3) is 0.500. The number of unbranched alkanes of at least 4 members (excludes halogenated alkanes) is 1. The molecule has 0 heterocycles. The Bertz CT molecular complexity index is 380. The number of carboxylic acid groups (broad SMARTS) is 1. The van der Waals surface area contributed by atoms with Crippen LogP contribution in [-0.2, 0) is 19.2 Å². The third kappa shape index (κ3) is 3.94. The molecule has 92 valence electrons. The predicted molar refractivity (Wildman–Crippen MR) is 58.4 cm³/mol. The zero-order chi connectivity index (χ0) is 12.8. The molecule has 0 aromatic carbocycles. The van der Waals surface area contributed by atoms with Crippen LogP contribution in [0.4, 0.5) is 0 Å². The van der Waals surface area contributed by atoms with Crippen LogP contribution in [0.3, 0.4) is 0 Å². The molecule has 1 fully saturated rings. The van der Waals surface area contributed by atoms with Crippen LogP contribution in [0.1, 0.15) is 32.1 Å². The molecule has 1 aliphatic carbocycles. The molecule has 1 saturated carbocycles. The van der Waals surface area contributed by atoms with Crippen LogP contribution in [0, 0.1) is 5.92 Å². The van der Waals surface area contributed by atoms with Crippen molar-refractivity contribution in [3.8, 4) is 0 Å². The van der Waals surface area contributed by atoms with Gasteiger partial charge < -0.3 is 5.11 Å². The Hall–Kier alpha value is -1.78. The molecule has 5 heteroatoms. The quantitative estimate of drug-likeness (QED) is 0.321. The van der Waals surface area contributed by atoms with Crippen molar-refractivity contribution in [3.05, 3.63) is 12.2 Å². The van der Waals surface area contributed by atoms with Gasteiger partial charge in [-0.15, -0.1) is 0 Å². The van der Waals surface area contributed by atoms with Gasteiger partial charge in [0.2, 0.25) is 11.6 Å². The zero-order valence-corrected chi connectivity index (χ0v) is 9.35. The second kappa shape index (κ2) is 6.08. The van der Waals surface area contributed by atoms with E-state index in [2.05, 4.69) is 0 Å². The summed E-state index contributed by atoms with van der Waals surface area (Å²) in [6.45, 7) is 0. The van der Waals surface area contributed by atoms with Gasteiger partial charge in [0.05, 0.1) is 12.3 Å². The second-order valence-electron chi connectivity index (χ2n) is 3.98. The average Bonchev–Trinajstić information content (AvgIpc) is 2.48. The molecule has 0 aromatic heterocycles. The van der Waals surface area contributed by atoms with Crippen molar-refractivity contribution in [2.45, 2.75) is 32.1 Å². The number of carbonyl (C=O) groups excluding carboxylic acids is 3. The highest BCUT2D eigenvalue weighted by molar-refractivity contribution is 6.49. The normalized spacial score (nSPS) is 20.5. The molecule has 5 nitrogen and oxygen atoms in total. The van der Waals surface area contributed by atoms with Gasteiger partial charge >= 0.3 is 5.97 Å². The molecule has 0 aromatic rings. The van der Waals surface area contributed by atoms with Crippen LogP contribution >= 0.6 is 0 Å². The SMILES string of the molecule is O=C(O)CCCC=CCC1C(=O)CC(=O)C1=O. The van der Waals surface area contributed by atoms with E-state index in [1.165, 1.54) is 0 Å². The maximum absolute atomic E-state index is 11.3. The van der Waals surface area contributed by atoms with Crippen molar-refractivity contribution in [1.29, 1.82) is 0 Å². The Balaban J connectivity index is 2.28. The fourth-order valence-corrected chi connectivity index (χ4v) is 1.67. The Labute approximate surface area is 98.5 Å². The van der Waals surface area contributed by atoms with E-state index in [1.807, 2.05) is 0 Å². The predicted octanol–water partition coefficient (Wildman–Crippen LogP) is 0.915. The van der Waals surface area contributed by atoms with Gasteiger partial charge in [-0.3, -0.25) is 19.2 Å². The molecule has 1 atom stereocenters. The summed E-state index contributed by atoms with van der Waals surface area (Å²) in [5.74, 6) is -3.15. The highest BCUT2D eigenvalue weighted by Crippen LogP contribution is 2.18. The number of ketones is 3. The van der Waals surface area contributed by atoms with E-state index in [-0.39, 0.29) is 25.0 Å². The Morgan fingerprint density at radius 1 is 1.29 bits per heavy atom. The summed E-state index contributed by atoms with van der Waals surface area (Å²) < 4.78 is 0. The van der Waals surface area contributed by atoms with E-state index in [1.54, 1.807) is 12.2 Å². The average molecular weight is 238 g/mol. The first-order valence-corrected chi connectivity index (χ1v) is 5.49. The van der Waals surface area contributed by atoms with Gasteiger partial charge in [-0.1, -0.05) is 12.2 Å². The molecule has 0 radical (unpaired) electrons. The van der Waals surface area contributed by atoms with Crippen LogP contribution < -0.4 is 0 Å². The molecule has 1 aliphatic rings. The minimum Gasteiger partial charge on any atom is -0.481 e. The van der Waals surface area contributed by atoms with Gasteiger partial charge in [0.1, 0.15) is 0 Å². The lowest BCUT2D eigenvalue weighted by molar-refractivity contribution is -0.137. The summed E-state index contributed by atoms with van der Waals surface area (Å²) in [5.41, 5.74) is 0. The summed E-state index contributed by atoms with van der Waals surface area (Å²) in [4.78, 5) is 43.7. The van der Waals surface area contributed by atoms with E-state index in [0.29, 0.717) is 12.8 Å². The van der Waals surface area contributed by atoms with Crippen molar-refractivity contribution in [2.75, 3.05) is 0 Å². The summed E-state index contributed by atoms with van der Waals surface area (Å²) in [6, 6.07) is 0. The lowest BCUT2D eigenvalue weighted by Gasteiger charge is -1.99. The van der Waals surface area contributed by atoms with E-state index < -0.39 is 23.5 Å². The van der Waals surface area contributed by atoms with Crippen LogP contribution in [0.2, 0.25) is 0 Å². The third-order valence-electron chi connectivity index (χ3n) is 2.61. The van der Waals surface area contributed by atoms with E-state index in [0.717, 1.165) is 0 Å². The number of carbonyl (C=O) groups is 4. The molecule has 0 aliphatic heterocycles. The largest absolute Gasteiger partial charge is 0.481 e. The molecular weight excluding hydrogens is 224 g/mol. The van der Waals surface area contributed by atoms with Crippen molar-refractivity contribution in [1.82, 2.24) is 0 Å². The number of hydrogen-bond donors (Lipinski definition) is 1. The van der Waals surface area contributed by atoms with Crippen LogP contribution in [0.15, 0.2) is 12.2 Å². The number of rotatable bonds is 6. The number of carboxylic acids is 1. The number of allylic oxidation sites excluding steroid dienone is 2. The van der Waals surface area contributed by atoms with Gasteiger partial charge in [0.25, 0.3) is 0 Å². The summed E-state index contributed by atoms with van der Waals surface area (Å²) in [6.07, 6.45) is 4.61. The van der Waals surface area contributed by atoms with Crippen LogP contribution in [0.25, 0.3) is 0 Å². The van der Waals surface area contributed by atoms with Crippen molar-refractivity contribution in [3.63, 3.8) is 0 Å². The van der Waals surface area contributed by atoms with Crippen molar-refractivity contribution in [2.24, 2.45) is 5.92 Å². The standard InChI is InChI=1S/C12H14O5/c13-9-7-10(14)12(17)8(9)5-3-1-2-4-6-11(15)16/h1,3,8H,2,4-7H2,(H,15,16). The van der Waals surface area contributed by atoms with E-state index in [9.17, 15) is 19.2 Å². The van der Waals surface area contributed by atoms with Crippen molar-refractivity contribution >= 4 is 23.3 Å². The van der Waals surface area contributed by atoms with E-state index in [4.69, 9.17) is 5.11 Å². The van der Waals surface area contributed by atoms with Crippen molar-refractivity contribution < 1.29 is 24.3 Å². The number of hydrogen-bond acceptors (Lipinski definition) is 4. The monoisotopic (exact) mass is 238 g/mol. The molecular formula is C12H14O5. The summed E-state index contributed by atoms with van der Waals surface area (Å²) in [7, 11) is 0. The van der Waals surface area contributed by atoms with E-state index >= 15 is 0 Å². The number of aliphatic carboxylic acids is 1. The molecule has 0 saturated heterocycles. The maximum Gasteiger partial charge on any atom is 0.303 e. The Kier molecular flexibility index (Phi) is 4.75. The lowest BCUT2D eigenvalue weighted by atomic mass is 10.0. The van der Waals surface area contributed by atoms with Gasteiger partial charge in [-0.2, -0.15) is 0 Å². The zero-order valence-electron chi connectivity index (χ0n) is 9.35. The molecule has 0 amide bonds. The summed E-state index contributed by atoms with van der Waals surface area (Å²) in [5, 5.41) is 8.39. The minimum atomic E-state index is -0.842. The van der Waals surface area contributed by atoms with Crippen LogP contribution in [0.5, 0.6) is 0 Å². The molecule has 0 bridgehead atoms. The molecule has 1 unspecified atom stereocenters. The maximum atomic E-state index is 11.3. The minimum absolute atomic E-state index is 0.101. The first-order chi connectivity index (χ1) is 8.02. The fourth-order valence-electron chi connectivity index (χ4n) is 1.67. The highest BCUT2D eigenvalue weighted by Gasteiger charge is 2.38. The van der Waals surface area contributed by atoms with Crippen LogP contribution in [-0.4, -0.2) is 28.4 Å². The smallest absolute Gasteiger partial charge is 0.303 e.